The van der Waals surface area contributed by atoms with Crippen molar-refractivity contribution in [1.82, 2.24) is 5.32 Å². The van der Waals surface area contributed by atoms with E-state index < -0.39 is 11.8 Å². The van der Waals surface area contributed by atoms with Crippen LogP contribution in [0.5, 0.6) is 11.5 Å². The maximum absolute atomic E-state index is 13.3. The minimum absolute atomic E-state index is 0.00208. The molecular formula is C24H25BrN2O4S. The molecule has 8 heteroatoms. The molecule has 0 radical (unpaired) electrons. The highest BCUT2D eigenvalue weighted by Gasteiger charge is 2.35. The number of ether oxygens (including phenoxy) is 2. The largest absolute Gasteiger partial charge is 0.493 e. The number of rotatable bonds is 6. The van der Waals surface area contributed by atoms with Crippen LogP contribution in [0.25, 0.3) is 6.08 Å². The molecule has 2 aromatic carbocycles. The van der Waals surface area contributed by atoms with Crippen LogP contribution in [-0.2, 0) is 9.59 Å². The predicted octanol–water partition coefficient (Wildman–Crippen LogP) is 5.08. The van der Waals surface area contributed by atoms with Crippen LogP contribution in [0, 0.1) is 13.8 Å². The highest BCUT2D eigenvalue weighted by atomic mass is 79.9. The van der Waals surface area contributed by atoms with E-state index in [4.69, 9.17) is 21.7 Å². The summed E-state index contributed by atoms with van der Waals surface area (Å²) in [6.07, 6.45) is 2.37. The molecule has 2 aromatic rings. The third-order valence-corrected chi connectivity index (χ3v) is 6.04. The number of hydrogen-bond acceptors (Lipinski definition) is 5. The number of hydrogen-bond donors (Lipinski definition) is 1. The first kappa shape index (κ1) is 23.9. The Labute approximate surface area is 201 Å². The molecule has 1 heterocycles. The van der Waals surface area contributed by atoms with Gasteiger partial charge < -0.3 is 9.47 Å². The Hall–Kier alpha value is -2.71. The first-order valence-corrected chi connectivity index (χ1v) is 11.4. The van der Waals surface area contributed by atoms with E-state index in [0.717, 1.165) is 17.5 Å². The van der Waals surface area contributed by atoms with E-state index >= 15 is 0 Å². The molecule has 1 N–H and O–H groups in total. The van der Waals surface area contributed by atoms with Gasteiger partial charge in [-0.15, -0.1) is 0 Å². The van der Waals surface area contributed by atoms with E-state index in [1.807, 2.05) is 45.9 Å². The topological polar surface area (TPSA) is 67.9 Å². The van der Waals surface area contributed by atoms with E-state index in [-0.39, 0.29) is 16.8 Å². The number of thiocarbonyl (C=S) groups is 1. The number of carbonyl (C=O) groups excluding carboxylic acids is 2. The summed E-state index contributed by atoms with van der Waals surface area (Å²) in [5.74, 6) is 0.0396. The molecule has 0 unspecified atom stereocenters. The quantitative estimate of drug-likeness (QED) is 0.329. The molecule has 0 aliphatic carbocycles. The van der Waals surface area contributed by atoms with E-state index in [9.17, 15) is 9.59 Å². The second-order valence-corrected chi connectivity index (χ2v) is 8.86. The minimum atomic E-state index is -0.545. The standard InChI is InChI=1S/C24H25BrN2O4S/c1-6-15(4)31-21-18(25)11-16(12-20(21)30-5)10-17-22(28)26-24(32)27(23(17)29)19-9-13(2)7-8-14(19)3/h7-12,15H,6H2,1-5H3,(H,26,28,32)/b17-10+/t15-/m0/s1. The van der Waals surface area contributed by atoms with Crippen molar-refractivity contribution >= 4 is 56.8 Å². The van der Waals surface area contributed by atoms with Crippen molar-refractivity contribution in [3.63, 3.8) is 0 Å². The smallest absolute Gasteiger partial charge is 0.270 e. The molecule has 32 heavy (non-hydrogen) atoms. The fourth-order valence-electron chi connectivity index (χ4n) is 3.23. The van der Waals surface area contributed by atoms with Gasteiger partial charge in [0.25, 0.3) is 11.8 Å². The van der Waals surface area contributed by atoms with Gasteiger partial charge in [-0.05, 0) is 96.3 Å². The van der Waals surface area contributed by atoms with Crippen molar-refractivity contribution in [1.29, 1.82) is 0 Å². The maximum Gasteiger partial charge on any atom is 0.270 e. The molecule has 168 valence electrons. The van der Waals surface area contributed by atoms with Gasteiger partial charge in [0.15, 0.2) is 16.6 Å². The van der Waals surface area contributed by atoms with Gasteiger partial charge >= 0.3 is 0 Å². The second-order valence-electron chi connectivity index (χ2n) is 7.62. The van der Waals surface area contributed by atoms with E-state index in [0.29, 0.717) is 27.2 Å². The van der Waals surface area contributed by atoms with Crippen molar-refractivity contribution in [2.24, 2.45) is 0 Å². The van der Waals surface area contributed by atoms with Crippen LogP contribution in [0.2, 0.25) is 0 Å². The molecule has 6 nitrogen and oxygen atoms in total. The summed E-state index contributed by atoms with van der Waals surface area (Å²) in [7, 11) is 1.54. The Morgan fingerprint density at radius 1 is 1.22 bits per heavy atom. The van der Waals surface area contributed by atoms with Gasteiger partial charge in [-0.25, -0.2) is 0 Å². The summed E-state index contributed by atoms with van der Waals surface area (Å²) >= 11 is 8.83. The van der Waals surface area contributed by atoms with Gasteiger partial charge in [0.05, 0.1) is 23.4 Å². The van der Waals surface area contributed by atoms with E-state index in [1.165, 1.54) is 11.0 Å². The molecule has 1 saturated heterocycles. The van der Waals surface area contributed by atoms with Gasteiger partial charge in [-0.2, -0.15) is 0 Å². The normalized spacial score (nSPS) is 16.2. The third-order valence-electron chi connectivity index (χ3n) is 5.16. The fraction of sp³-hybridized carbons (Fsp3) is 0.292. The first-order valence-electron chi connectivity index (χ1n) is 10.2. The van der Waals surface area contributed by atoms with Gasteiger partial charge in [-0.3, -0.25) is 19.8 Å². The van der Waals surface area contributed by atoms with Crippen LogP contribution in [0.4, 0.5) is 5.69 Å². The summed E-state index contributed by atoms with van der Waals surface area (Å²) in [6.45, 7) is 7.83. The zero-order valence-corrected chi connectivity index (χ0v) is 21.0. The summed E-state index contributed by atoms with van der Waals surface area (Å²) in [6, 6.07) is 9.25. The molecule has 1 aliphatic rings. The minimum Gasteiger partial charge on any atom is -0.493 e. The lowest BCUT2D eigenvalue weighted by Gasteiger charge is -2.30. The molecule has 1 aliphatic heterocycles. The Kier molecular flexibility index (Phi) is 7.36. The van der Waals surface area contributed by atoms with Crippen molar-refractivity contribution < 1.29 is 19.1 Å². The summed E-state index contributed by atoms with van der Waals surface area (Å²) in [5, 5.41) is 2.68. The maximum atomic E-state index is 13.3. The number of nitrogens with zero attached hydrogens (tertiary/aromatic N) is 1. The average molecular weight is 517 g/mol. The van der Waals surface area contributed by atoms with E-state index in [1.54, 1.807) is 19.2 Å². The summed E-state index contributed by atoms with van der Waals surface area (Å²) in [4.78, 5) is 27.4. The highest BCUT2D eigenvalue weighted by molar-refractivity contribution is 9.10. The van der Waals surface area contributed by atoms with Gasteiger partial charge in [0.1, 0.15) is 5.57 Å². The third kappa shape index (κ3) is 4.86. The highest BCUT2D eigenvalue weighted by Crippen LogP contribution is 2.38. The molecule has 3 rings (SSSR count). The zero-order valence-electron chi connectivity index (χ0n) is 18.6. The van der Waals surface area contributed by atoms with Crippen molar-refractivity contribution in [3.05, 3.63) is 57.1 Å². The lowest BCUT2D eigenvalue weighted by Crippen LogP contribution is -2.54. The first-order chi connectivity index (χ1) is 15.2. The number of anilines is 1. The lowest BCUT2D eigenvalue weighted by atomic mass is 10.0. The molecule has 2 amide bonds. The number of halogens is 1. The molecule has 0 saturated carbocycles. The van der Waals surface area contributed by atoms with Crippen LogP contribution < -0.4 is 19.7 Å². The van der Waals surface area contributed by atoms with Gasteiger partial charge in [-0.1, -0.05) is 19.1 Å². The number of methoxy groups -OCH3 is 1. The van der Waals surface area contributed by atoms with Crippen LogP contribution in [0.1, 0.15) is 37.0 Å². The van der Waals surface area contributed by atoms with Crippen molar-refractivity contribution in [2.75, 3.05) is 12.0 Å². The Morgan fingerprint density at radius 3 is 2.59 bits per heavy atom. The Morgan fingerprint density at radius 2 is 1.94 bits per heavy atom. The predicted molar refractivity (Wildman–Crippen MR) is 133 cm³/mol. The molecule has 0 aromatic heterocycles. The van der Waals surface area contributed by atoms with Crippen molar-refractivity contribution in [3.8, 4) is 11.5 Å². The molecule has 0 bridgehead atoms. The Bertz CT molecular complexity index is 1130. The number of amides is 2. The molecule has 1 fully saturated rings. The Balaban J connectivity index is 2.04. The molecule has 1 atom stereocenters. The number of carbonyl (C=O) groups is 2. The van der Waals surface area contributed by atoms with Gasteiger partial charge in [0, 0.05) is 0 Å². The molecule has 0 spiro atoms. The summed E-state index contributed by atoms with van der Waals surface area (Å²) < 4.78 is 12.1. The second kappa shape index (κ2) is 9.83. The van der Waals surface area contributed by atoms with E-state index in [2.05, 4.69) is 21.2 Å². The summed E-state index contributed by atoms with van der Waals surface area (Å²) in [5.41, 5.74) is 3.08. The average Bonchev–Trinajstić information content (AvgIpc) is 2.74. The van der Waals surface area contributed by atoms with Crippen molar-refractivity contribution in [2.45, 2.75) is 40.2 Å². The van der Waals surface area contributed by atoms with Crippen LogP contribution in [-0.4, -0.2) is 30.1 Å². The molecular weight excluding hydrogens is 492 g/mol. The lowest BCUT2D eigenvalue weighted by molar-refractivity contribution is -0.122. The SMILES string of the molecule is CC[C@H](C)Oc1c(Br)cc(/C=C2\C(=O)NC(=S)N(c3cc(C)ccc3C)C2=O)cc1OC. The van der Waals surface area contributed by atoms with Crippen LogP contribution >= 0.6 is 28.1 Å². The number of nitrogens with one attached hydrogen (secondary N) is 1. The number of aryl methyl sites for hydroxylation is 2. The van der Waals surface area contributed by atoms with Gasteiger partial charge in [0.2, 0.25) is 0 Å². The number of benzene rings is 2. The fourth-order valence-corrected chi connectivity index (χ4v) is 4.05. The van der Waals surface area contributed by atoms with Crippen LogP contribution in [0.15, 0.2) is 40.4 Å². The monoisotopic (exact) mass is 516 g/mol. The van der Waals surface area contributed by atoms with Crippen LogP contribution in [0.3, 0.4) is 0 Å². The zero-order chi connectivity index (χ0) is 23.6.